The van der Waals surface area contributed by atoms with Crippen molar-refractivity contribution in [3.05, 3.63) is 64.7 Å². The van der Waals surface area contributed by atoms with Gasteiger partial charge in [-0.05, 0) is 81.1 Å². The highest BCUT2D eigenvalue weighted by Crippen LogP contribution is 2.18. The lowest BCUT2D eigenvalue weighted by atomic mass is 10.1. The Hall–Kier alpha value is -2.33. The summed E-state index contributed by atoms with van der Waals surface area (Å²) < 4.78 is 5.79. The van der Waals surface area contributed by atoms with Crippen molar-refractivity contribution in [2.45, 2.75) is 59.2 Å². The van der Waals surface area contributed by atoms with E-state index in [0.717, 1.165) is 23.4 Å². The van der Waals surface area contributed by atoms with Crippen molar-refractivity contribution in [2.24, 2.45) is 0 Å². The summed E-state index contributed by atoms with van der Waals surface area (Å²) in [6.07, 6.45) is 3.46. The van der Waals surface area contributed by atoms with Gasteiger partial charge in [-0.15, -0.1) is 0 Å². The average molecular weight is 381 g/mol. The van der Waals surface area contributed by atoms with E-state index in [1.165, 1.54) is 43.5 Å². The number of benzene rings is 2. The van der Waals surface area contributed by atoms with Gasteiger partial charge in [-0.3, -0.25) is 9.69 Å². The normalized spacial score (nSPS) is 15.8. The van der Waals surface area contributed by atoms with Crippen molar-refractivity contribution in [2.75, 3.05) is 13.1 Å². The molecule has 1 heterocycles. The number of nitrogens with zero attached hydrogens (tertiary/aromatic N) is 1. The summed E-state index contributed by atoms with van der Waals surface area (Å²) in [4.78, 5) is 14.9. The molecule has 150 valence electrons. The van der Waals surface area contributed by atoms with Gasteiger partial charge in [0.15, 0.2) is 6.10 Å². The van der Waals surface area contributed by atoms with Crippen LogP contribution in [-0.2, 0) is 17.9 Å². The zero-order chi connectivity index (χ0) is 19.9. The molecule has 1 saturated heterocycles. The minimum atomic E-state index is -0.527. The van der Waals surface area contributed by atoms with Crippen LogP contribution in [-0.4, -0.2) is 30.0 Å². The van der Waals surface area contributed by atoms with E-state index < -0.39 is 6.10 Å². The molecule has 4 nitrogen and oxygen atoms in total. The van der Waals surface area contributed by atoms with E-state index in [1.807, 2.05) is 25.1 Å². The number of rotatable bonds is 7. The SMILES string of the molecule is Cc1ccc(O[C@H](C)C(=O)NCc2ccc(CN3CCCCC3)cc2)cc1C. The third-order valence-electron chi connectivity index (χ3n) is 5.51. The Bertz CT molecular complexity index is 780. The number of nitrogens with one attached hydrogen (secondary N) is 1. The number of amides is 1. The number of likely N-dealkylation sites (tertiary alicyclic amines) is 1. The summed E-state index contributed by atoms with van der Waals surface area (Å²) in [5, 5.41) is 2.97. The second kappa shape index (κ2) is 9.74. The summed E-state index contributed by atoms with van der Waals surface area (Å²) in [6, 6.07) is 14.5. The Kier molecular flexibility index (Phi) is 7.10. The van der Waals surface area contributed by atoms with Crippen molar-refractivity contribution in [3.8, 4) is 5.75 Å². The molecule has 3 rings (SSSR count). The average Bonchev–Trinajstić information content (AvgIpc) is 2.71. The standard InChI is InChI=1S/C24H32N2O2/c1-18-7-12-23(15-19(18)2)28-20(3)24(27)25-16-21-8-10-22(11-9-21)17-26-13-5-4-6-14-26/h7-12,15,20H,4-6,13-14,16-17H2,1-3H3,(H,25,27)/t20-/m1/s1. The van der Waals surface area contributed by atoms with Crippen LogP contribution < -0.4 is 10.1 Å². The molecular weight excluding hydrogens is 348 g/mol. The van der Waals surface area contributed by atoms with Crippen LogP contribution in [0.25, 0.3) is 0 Å². The topological polar surface area (TPSA) is 41.6 Å². The van der Waals surface area contributed by atoms with E-state index in [9.17, 15) is 4.79 Å². The zero-order valence-corrected chi connectivity index (χ0v) is 17.3. The quantitative estimate of drug-likeness (QED) is 0.775. The maximum Gasteiger partial charge on any atom is 0.261 e. The first kappa shape index (κ1) is 20.4. The molecule has 28 heavy (non-hydrogen) atoms. The highest BCUT2D eigenvalue weighted by atomic mass is 16.5. The molecule has 0 radical (unpaired) electrons. The number of hydrogen-bond donors (Lipinski definition) is 1. The van der Waals surface area contributed by atoms with Crippen LogP contribution in [0.15, 0.2) is 42.5 Å². The second-order valence-electron chi connectivity index (χ2n) is 7.88. The second-order valence-corrected chi connectivity index (χ2v) is 7.88. The van der Waals surface area contributed by atoms with Gasteiger partial charge in [-0.1, -0.05) is 36.8 Å². The molecule has 1 aliphatic rings. The molecule has 0 bridgehead atoms. The van der Waals surface area contributed by atoms with Crippen LogP contribution in [0.2, 0.25) is 0 Å². The fourth-order valence-corrected chi connectivity index (χ4v) is 3.52. The van der Waals surface area contributed by atoms with E-state index in [-0.39, 0.29) is 5.91 Å². The van der Waals surface area contributed by atoms with Crippen LogP contribution in [0, 0.1) is 13.8 Å². The van der Waals surface area contributed by atoms with Crippen LogP contribution >= 0.6 is 0 Å². The predicted molar refractivity (Wildman–Crippen MR) is 113 cm³/mol. The smallest absolute Gasteiger partial charge is 0.261 e. The highest BCUT2D eigenvalue weighted by molar-refractivity contribution is 5.80. The third kappa shape index (κ3) is 5.83. The van der Waals surface area contributed by atoms with Crippen molar-refractivity contribution < 1.29 is 9.53 Å². The molecule has 0 aliphatic carbocycles. The molecule has 0 spiro atoms. The summed E-state index contributed by atoms with van der Waals surface area (Å²) in [5.74, 6) is 0.628. The number of hydrogen-bond acceptors (Lipinski definition) is 3. The summed E-state index contributed by atoms with van der Waals surface area (Å²) in [7, 11) is 0. The Labute approximate surface area is 168 Å². The van der Waals surface area contributed by atoms with Crippen molar-refractivity contribution in [3.63, 3.8) is 0 Å². The highest BCUT2D eigenvalue weighted by Gasteiger charge is 2.15. The van der Waals surface area contributed by atoms with E-state index in [0.29, 0.717) is 6.54 Å². The van der Waals surface area contributed by atoms with Gasteiger partial charge in [0.25, 0.3) is 5.91 Å². The molecule has 1 amide bonds. The lowest BCUT2D eigenvalue weighted by Gasteiger charge is -2.26. The molecule has 1 aliphatic heterocycles. The van der Waals surface area contributed by atoms with Crippen LogP contribution in [0.1, 0.15) is 48.4 Å². The van der Waals surface area contributed by atoms with Crippen LogP contribution in [0.3, 0.4) is 0 Å². The van der Waals surface area contributed by atoms with Gasteiger partial charge < -0.3 is 10.1 Å². The summed E-state index contributed by atoms with van der Waals surface area (Å²) in [5.41, 5.74) is 4.82. The third-order valence-corrected chi connectivity index (χ3v) is 5.51. The molecule has 1 atom stereocenters. The van der Waals surface area contributed by atoms with Gasteiger partial charge in [-0.25, -0.2) is 0 Å². The van der Waals surface area contributed by atoms with Crippen molar-refractivity contribution in [1.29, 1.82) is 0 Å². The van der Waals surface area contributed by atoms with E-state index in [2.05, 4.69) is 41.4 Å². The minimum Gasteiger partial charge on any atom is -0.481 e. The molecular formula is C24H32N2O2. The first-order valence-corrected chi connectivity index (χ1v) is 10.3. The minimum absolute atomic E-state index is 0.101. The predicted octanol–water partition coefficient (Wildman–Crippen LogP) is 4.37. The van der Waals surface area contributed by atoms with Crippen LogP contribution in [0.5, 0.6) is 5.75 Å². The molecule has 0 saturated carbocycles. The molecule has 0 unspecified atom stereocenters. The number of aryl methyl sites for hydroxylation is 2. The molecule has 4 heteroatoms. The lowest BCUT2D eigenvalue weighted by molar-refractivity contribution is -0.127. The van der Waals surface area contributed by atoms with Crippen molar-refractivity contribution in [1.82, 2.24) is 10.2 Å². The van der Waals surface area contributed by atoms with Gasteiger partial charge in [0.05, 0.1) is 0 Å². The van der Waals surface area contributed by atoms with E-state index in [4.69, 9.17) is 4.74 Å². The molecule has 2 aromatic rings. The summed E-state index contributed by atoms with van der Waals surface area (Å²) >= 11 is 0. The maximum atomic E-state index is 12.4. The van der Waals surface area contributed by atoms with Gasteiger partial charge in [0.2, 0.25) is 0 Å². The van der Waals surface area contributed by atoms with Gasteiger partial charge >= 0.3 is 0 Å². The number of piperidine rings is 1. The number of ether oxygens (including phenoxy) is 1. The van der Waals surface area contributed by atoms with E-state index >= 15 is 0 Å². The molecule has 1 N–H and O–H groups in total. The number of carbonyl (C=O) groups is 1. The Balaban J connectivity index is 1.46. The first-order chi connectivity index (χ1) is 13.5. The van der Waals surface area contributed by atoms with Gasteiger partial charge in [0.1, 0.15) is 5.75 Å². The van der Waals surface area contributed by atoms with Crippen LogP contribution in [0.4, 0.5) is 0 Å². The maximum absolute atomic E-state index is 12.4. The lowest BCUT2D eigenvalue weighted by Crippen LogP contribution is -2.35. The summed E-state index contributed by atoms with van der Waals surface area (Å²) in [6.45, 7) is 9.84. The van der Waals surface area contributed by atoms with E-state index in [1.54, 1.807) is 6.92 Å². The molecule has 1 fully saturated rings. The van der Waals surface area contributed by atoms with Gasteiger partial charge in [0, 0.05) is 13.1 Å². The number of carbonyl (C=O) groups excluding carboxylic acids is 1. The van der Waals surface area contributed by atoms with Gasteiger partial charge in [-0.2, -0.15) is 0 Å². The Morgan fingerprint density at radius 1 is 1.00 bits per heavy atom. The fraction of sp³-hybridized carbons (Fsp3) is 0.458. The Morgan fingerprint density at radius 2 is 1.68 bits per heavy atom. The first-order valence-electron chi connectivity index (χ1n) is 10.3. The fourth-order valence-electron chi connectivity index (χ4n) is 3.52. The largest absolute Gasteiger partial charge is 0.481 e. The van der Waals surface area contributed by atoms with Crippen molar-refractivity contribution >= 4 is 5.91 Å². The monoisotopic (exact) mass is 380 g/mol. The Morgan fingerprint density at radius 3 is 2.36 bits per heavy atom. The molecule has 2 aromatic carbocycles. The molecule has 0 aromatic heterocycles. The zero-order valence-electron chi connectivity index (χ0n) is 17.3.